The van der Waals surface area contributed by atoms with Crippen LogP contribution in [-0.4, -0.2) is 17.6 Å². The zero-order valence-corrected chi connectivity index (χ0v) is 15.3. The maximum Gasteiger partial charge on any atom is 0.232 e. The topological polar surface area (TPSA) is 71.7 Å². The Hall–Kier alpha value is -3.05. The zero-order valence-electron chi connectivity index (χ0n) is 15.3. The molecule has 0 unspecified atom stereocenters. The number of aliphatic hydroxyl groups is 1. The SMILES string of the molecule is O=C(NC[C@@](O)(c1ccco1)C1CC1)C1c2ccccc2Oc2ccccc21. The van der Waals surface area contributed by atoms with Gasteiger partial charge in [-0.2, -0.15) is 0 Å². The lowest BCUT2D eigenvalue weighted by atomic mass is 9.86. The highest BCUT2D eigenvalue weighted by Gasteiger charge is 2.47. The van der Waals surface area contributed by atoms with Crippen molar-refractivity contribution in [1.29, 1.82) is 0 Å². The van der Waals surface area contributed by atoms with E-state index in [4.69, 9.17) is 9.15 Å². The first-order chi connectivity index (χ1) is 13.7. The minimum absolute atomic E-state index is 0.105. The van der Waals surface area contributed by atoms with Gasteiger partial charge in [0.15, 0.2) is 0 Å². The van der Waals surface area contributed by atoms with Crippen molar-refractivity contribution in [3.8, 4) is 11.5 Å². The third kappa shape index (κ3) is 2.79. The van der Waals surface area contributed by atoms with Gasteiger partial charge in [0.05, 0.1) is 18.7 Å². The van der Waals surface area contributed by atoms with E-state index in [9.17, 15) is 9.90 Å². The van der Waals surface area contributed by atoms with Crippen LogP contribution in [0.5, 0.6) is 11.5 Å². The lowest BCUT2D eigenvalue weighted by Gasteiger charge is -2.30. The molecule has 2 aliphatic rings. The summed E-state index contributed by atoms with van der Waals surface area (Å²) in [5.41, 5.74) is 0.474. The fourth-order valence-corrected chi connectivity index (χ4v) is 4.03. The van der Waals surface area contributed by atoms with Crippen molar-refractivity contribution in [3.63, 3.8) is 0 Å². The van der Waals surface area contributed by atoms with Crippen LogP contribution in [0.4, 0.5) is 0 Å². The number of ether oxygens (including phenoxy) is 1. The van der Waals surface area contributed by atoms with Gasteiger partial charge in [-0.05, 0) is 43.0 Å². The predicted octanol–water partition coefficient (Wildman–Crippen LogP) is 3.93. The van der Waals surface area contributed by atoms with Gasteiger partial charge < -0.3 is 19.6 Å². The Balaban J connectivity index is 1.44. The van der Waals surface area contributed by atoms with Crippen molar-refractivity contribution in [2.24, 2.45) is 5.92 Å². The molecular weight excluding hydrogens is 354 g/mol. The Labute approximate surface area is 163 Å². The van der Waals surface area contributed by atoms with Gasteiger partial charge in [-0.1, -0.05) is 36.4 Å². The highest BCUT2D eigenvalue weighted by Crippen LogP contribution is 2.46. The number of furan rings is 1. The van der Waals surface area contributed by atoms with Crippen molar-refractivity contribution in [2.75, 3.05) is 6.54 Å². The summed E-state index contributed by atoms with van der Waals surface area (Å²) in [6, 6.07) is 18.7. The molecule has 1 aliphatic carbocycles. The Morgan fingerprint density at radius 3 is 2.21 bits per heavy atom. The summed E-state index contributed by atoms with van der Waals surface area (Å²) in [6.45, 7) is 0.117. The van der Waals surface area contributed by atoms with E-state index >= 15 is 0 Å². The fraction of sp³-hybridized carbons (Fsp3) is 0.261. The molecule has 2 heterocycles. The quantitative estimate of drug-likeness (QED) is 0.709. The highest BCUT2D eigenvalue weighted by atomic mass is 16.5. The molecule has 2 N–H and O–H groups in total. The molecule has 1 atom stereocenters. The van der Waals surface area contributed by atoms with Gasteiger partial charge in [0.25, 0.3) is 0 Å². The molecular formula is C23H21NO4. The van der Waals surface area contributed by atoms with E-state index in [-0.39, 0.29) is 18.4 Å². The van der Waals surface area contributed by atoms with Crippen LogP contribution in [0.15, 0.2) is 71.3 Å². The van der Waals surface area contributed by atoms with Crippen LogP contribution in [-0.2, 0) is 10.4 Å². The fourth-order valence-electron chi connectivity index (χ4n) is 4.03. The van der Waals surface area contributed by atoms with E-state index in [1.807, 2.05) is 48.5 Å². The first kappa shape index (κ1) is 17.1. The van der Waals surface area contributed by atoms with Gasteiger partial charge in [0.2, 0.25) is 5.91 Å². The van der Waals surface area contributed by atoms with Gasteiger partial charge in [0, 0.05) is 11.1 Å². The number of amides is 1. The summed E-state index contributed by atoms with van der Waals surface area (Å²) in [5, 5.41) is 14.2. The number of para-hydroxylation sites is 2. The van der Waals surface area contributed by atoms with Gasteiger partial charge in [0.1, 0.15) is 22.9 Å². The number of hydrogen-bond donors (Lipinski definition) is 2. The number of carbonyl (C=O) groups is 1. The molecule has 1 amide bonds. The third-order valence-electron chi connectivity index (χ3n) is 5.67. The van der Waals surface area contributed by atoms with Gasteiger partial charge >= 0.3 is 0 Å². The van der Waals surface area contributed by atoms with E-state index in [2.05, 4.69) is 5.32 Å². The van der Waals surface area contributed by atoms with Crippen LogP contribution < -0.4 is 10.1 Å². The standard InChI is InChI=1S/C23H21NO4/c25-22(24-14-23(26,15-11-12-15)20-10-5-13-27-20)21-16-6-1-3-8-18(16)28-19-9-4-2-7-17(19)21/h1-10,13,15,21,26H,11-12,14H2,(H,24,25)/t23-/m0/s1. The Morgan fingerprint density at radius 1 is 1.00 bits per heavy atom. The van der Waals surface area contributed by atoms with E-state index in [1.165, 1.54) is 0 Å². The Bertz CT molecular complexity index is 963. The van der Waals surface area contributed by atoms with E-state index in [1.54, 1.807) is 18.4 Å². The zero-order chi connectivity index (χ0) is 19.1. The molecule has 0 bridgehead atoms. The monoisotopic (exact) mass is 375 g/mol. The van der Waals surface area contributed by atoms with E-state index in [0.29, 0.717) is 17.3 Å². The smallest absolute Gasteiger partial charge is 0.232 e. The van der Waals surface area contributed by atoms with Crippen molar-refractivity contribution in [2.45, 2.75) is 24.4 Å². The minimum Gasteiger partial charge on any atom is -0.466 e. The molecule has 0 saturated heterocycles. The average Bonchev–Trinajstić information content (AvgIpc) is 3.44. The summed E-state index contributed by atoms with van der Waals surface area (Å²) >= 11 is 0. The first-order valence-electron chi connectivity index (χ1n) is 9.56. The molecule has 1 saturated carbocycles. The van der Waals surface area contributed by atoms with Crippen LogP contribution in [0.1, 0.15) is 35.6 Å². The number of hydrogen-bond acceptors (Lipinski definition) is 4. The van der Waals surface area contributed by atoms with E-state index in [0.717, 1.165) is 24.0 Å². The molecule has 1 aromatic heterocycles. The molecule has 3 aromatic rings. The molecule has 142 valence electrons. The van der Waals surface area contributed by atoms with Gasteiger partial charge in [-0.25, -0.2) is 0 Å². The Kier molecular flexibility index (Phi) is 3.98. The number of rotatable bonds is 5. The van der Waals surface area contributed by atoms with Gasteiger partial charge in [-0.3, -0.25) is 4.79 Å². The lowest BCUT2D eigenvalue weighted by molar-refractivity contribution is -0.123. The van der Waals surface area contributed by atoms with Crippen LogP contribution in [0, 0.1) is 5.92 Å². The summed E-state index contributed by atoms with van der Waals surface area (Å²) in [6.07, 6.45) is 3.40. The highest BCUT2D eigenvalue weighted by molar-refractivity contribution is 5.89. The van der Waals surface area contributed by atoms with Crippen molar-refractivity contribution < 1.29 is 19.1 Å². The average molecular weight is 375 g/mol. The number of benzene rings is 2. The number of nitrogens with one attached hydrogen (secondary N) is 1. The van der Waals surface area contributed by atoms with Crippen LogP contribution >= 0.6 is 0 Å². The van der Waals surface area contributed by atoms with Crippen molar-refractivity contribution in [3.05, 3.63) is 83.8 Å². The van der Waals surface area contributed by atoms with E-state index < -0.39 is 11.5 Å². The maximum absolute atomic E-state index is 13.3. The molecule has 0 spiro atoms. The van der Waals surface area contributed by atoms with Crippen molar-refractivity contribution in [1.82, 2.24) is 5.32 Å². The van der Waals surface area contributed by atoms with Crippen LogP contribution in [0.3, 0.4) is 0 Å². The van der Waals surface area contributed by atoms with Crippen LogP contribution in [0.25, 0.3) is 0 Å². The third-order valence-corrected chi connectivity index (χ3v) is 5.67. The number of fused-ring (bicyclic) bond motifs is 2. The molecule has 1 aliphatic heterocycles. The molecule has 2 aromatic carbocycles. The Morgan fingerprint density at radius 2 is 1.64 bits per heavy atom. The second kappa shape index (κ2) is 6.53. The molecule has 5 nitrogen and oxygen atoms in total. The predicted molar refractivity (Wildman–Crippen MR) is 103 cm³/mol. The summed E-state index contributed by atoms with van der Waals surface area (Å²) in [4.78, 5) is 13.3. The number of carbonyl (C=O) groups excluding carboxylic acids is 1. The molecule has 0 radical (unpaired) electrons. The summed E-state index contributed by atoms with van der Waals surface area (Å²) in [5.74, 6) is 1.33. The molecule has 28 heavy (non-hydrogen) atoms. The minimum atomic E-state index is -1.18. The van der Waals surface area contributed by atoms with Crippen molar-refractivity contribution >= 4 is 5.91 Å². The summed E-state index contributed by atoms with van der Waals surface area (Å²) < 4.78 is 11.4. The molecule has 5 rings (SSSR count). The summed E-state index contributed by atoms with van der Waals surface area (Å²) in [7, 11) is 0. The molecule has 1 fully saturated rings. The normalized spacial score (nSPS) is 17.8. The first-order valence-corrected chi connectivity index (χ1v) is 9.56. The lowest BCUT2D eigenvalue weighted by Crippen LogP contribution is -2.44. The van der Waals surface area contributed by atoms with Crippen LogP contribution in [0.2, 0.25) is 0 Å². The maximum atomic E-state index is 13.3. The molecule has 5 heteroatoms. The van der Waals surface area contributed by atoms with Gasteiger partial charge in [-0.15, -0.1) is 0 Å². The largest absolute Gasteiger partial charge is 0.466 e. The second-order valence-corrected chi connectivity index (χ2v) is 7.50. The second-order valence-electron chi connectivity index (χ2n) is 7.50.